The van der Waals surface area contributed by atoms with Crippen LogP contribution in [0.15, 0.2) is 0 Å². The molecule has 0 aliphatic heterocycles. The summed E-state index contributed by atoms with van der Waals surface area (Å²) < 4.78 is 0. The van der Waals surface area contributed by atoms with Crippen LogP contribution in [0.4, 0.5) is 0 Å². The Balaban J connectivity index is 2.67. The summed E-state index contributed by atoms with van der Waals surface area (Å²) in [7, 11) is 0. The Labute approximate surface area is 75.2 Å². The second-order valence-corrected chi connectivity index (χ2v) is 4.63. The molecule has 1 aliphatic carbocycles. The van der Waals surface area contributed by atoms with Gasteiger partial charge in [-0.05, 0) is 26.7 Å². The zero-order valence-corrected chi connectivity index (χ0v) is 8.27. The third-order valence-electron chi connectivity index (χ3n) is 3.21. The van der Waals surface area contributed by atoms with Crippen LogP contribution in [-0.4, -0.2) is 16.2 Å². The predicted molar refractivity (Wildman–Crippen MR) is 50.9 cm³/mol. The Morgan fingerprint density at radius 1 is 1.08 bits per heavy atom. The molecule has 2 nitrogen and oxygen atoms in total. The topological polar surface area (TPSA) is 46.2 Å². The summed E-state index contributed by atoms with van der Waals surface area (Å²) in [6.07, 6.45) is 6.82. The standard InChI is InChI=1S/C10H21NO/c1-9(2,12)10(11)7-5-3-4-6-8-10/h12H,3-8,11H2,1-2H3. The zero-order chi connectivity index (χ0) is 9.24. The Morgan fingerprint density at radius 3 is 1.83 bits per heavy atom. The lowest BCUT2D eigenvalue weighted by atomic mass is 9.77. The van der Waals surface area contributed by atoms with Crippen molar-refractivity contribution in [2.24, 2.45) is 5.73 Å². The van der Waals surface area contributed by atoms with E-state index in [9.17, 15) is 5.11 Å². The van der Waals surface area contributed by atoms with Crippen LogP contribution in [0, 0.1) is 0 Å². The van der Waals surface area contributed by atoms with Crippen LogP contribution in [0.2, 0.25) is 0 Å². The van der Waals surface area contributed by atoms with Gasteiger partial charge in [-0.3, -0.25) is 0 Å². The molecule has 0 aromatic carbocycles. The van der Waals surface area contributed by atoms with Crippen molar-refractivity contribution in [3.8, 4) is 0 Å². The van der Waals surface area contributed by atoms with Crippen LogP contribution in [0.25, 0.3) is 0 Å². The molecule has 1 aliphatic rings. The van der Waals surface area contributed by atoms with Crippen LogP contribution >= 0.6 is 0 Å². The van der Waals surface area contributed by atoms with Crippen molar-refractivity contribution in [2.45, 2.75) is 63.5 Å². The van der Waals surface area contributed by atoms with Crippen molar-refractivity contribution < 1.29 is 5.11 Å². The van der Waals surface area contributed by atoms with E-state index in [1.54, 1.807) is 0 Å². The first-order chi connectivity index (χ1) is 5.46. The van der Waals surface area contributed by atoms with E-state index in [0.29, 0.717) is 0 Å². The molecular weight excluding hydrogens is 150 g/mol. The van der Waals surface area contributed by atoms with Crippen molar-refractivity contribution in [3.05, 3.63) is 0 Å². The SMILES string of the molecule is CC(C)(O)C1(N)CCCCCC1. The maximum Gasteiger partial charge on any atom is 0.0770 e. The molecule has 1 rings (SSSR count). The number of hydrogen-bond donors (Lipinski definition) is 2. The highest BCUT2D eigenvalue weighted by atomic mass is 16.3. The van der Waals surface area contributed by atoms with Gasteiger partial charge in [-0.2, -0.15) is 0 Å². The fourth-order valence-corrected chi connectivity index (χ4v) is 1.97. The van der Waals surface area contributed by atoms with Crippen molar-refractivity contribution in [3.63, 3.8) is 0 Å². The molecule has 0 heterocycles. The number of aliphatic hydroxyl groups is 1. The van der Waals surface area contributed by atoms with Crippen molar-refractivity contribution in [1.82, 2.24) is 0 Å². The molecule has 0 unspecified atom stereocenters. The number of rotatable bonds is 1. The first-order valence-corrected chi connectivity index (χ1v) is 4.97. The van der Waals surface area contributed by atoms with Gasteiger partial charge in [-0.1, -0.05) is 25.7 Å². The van der Waals surface area contributed by atoms with Crippen LogP contribution in [0.5, 0.6) is 0 Å². The molecule has 0 aromatic heterocycles. The first-order valence-electron chi connectivity index (χ1n) is 4.97. The lowest BCUT2D eigenvalue weighted by Crippen LogP contribution is -2.56. The Bertz CT molecular complexity index is 140. The lowest BCUT2D eigenvalue weighted by Gasteiger charge is -2.39. The number of nitrogens with two attached hydrogens (primary N) is 1. The largest absolute Gasteiger partial charge is 0.389 e. The molecule has 0 saturated heterocycles. The van der Waals surface area contributed by atoms with Gasteiger partial charge in [-0.15, -0.1) is 0 Å². The van der Waals surface area contributed by atoms with E-state index in [-0.39, 0.29) is 5.54 Å². The summed E-state index contributed by atoms with van der Waals surface area (Å²) in [6, 6.07) is 0. The van der Waals surface area contributed by atoms with Gasteiger partial charge in [0.25, 0.3) is 0 Å². The van der Waals surface area contributed by atoms with Crippen LogP contribution < -0.4 is 5.73 Å². The van der Waals surface area contributed by atoms with E-state index >= 15 is 0 Å². The zero-order valence-electron chi connectivity index (χ0n) is 8.27. The molecule has 0 spiro atoms. The normalized spacial score (nSPS) is 25.0. The first kappa shape index (κ1) is 10.0. The molecular formula is C10H21NO. The van der Waals surface area contributed by atoms with E-state index in [4.69, 9.17) is 5.73 Å². The van der Waals surface area contributed by atoms with E-state index in [1.807, 2.05) is 13.8 Å². The fourth-order valence-electron chi connectivity index (χ4n) is 1.97. The molecule has 0 bridgehead atoms. The van der Waals surface area contributed by atoms with Gasteiger partial charge in [0.05, 0.1) is 5.60 Å². The average molecular weight is 171 g/mol. The van der Waals surface area contributed by atoms with Gasteiger partial charge >= 0.3 is 0 Å². The minimum Gasteiger partial charge on any atom is -0.389 e. The van der Waals surface area contributed by atoms with Gasteiger partial charge in [-0.25, -0.2) is 0 Å². The summed E-state index contributed by atoms with van der Waals surface area (Å²) in [4.78, 5) is 0. The highest BCUT2D eigenvalue weighted by Gasteiger charge is 2.39. The summed E-state index contributed by atoms with van der Waals surface area (Å²) in [5.41, 5.74) is 5.12. The van der Waals surface area contributed by atoms with Crippen molar-refractivity contribution in [2.75, 3.05) is 0 Å². The van der Waals surface area contributed by atoms with Gasteiger partial charge < -0.3 is 10.8 Å². The second-order valence-electron chi connectivity index (χ2n) is 4.63. The Kier molecular flexibility index (Phi) is 2.79. The molecule has 0 amide bonds. The molecule has 1 fully saturated rings. The molecule has 1 saturated carbocycles. The van der Waals surface area contributed by atoms with Gasteiger partial charge in [0, 0.05) is 5.54 Å². The molecule has 12 heavy (non-hydrogen) atoms. The molecule has 0 aromatic rings. The molecule has 0 atom stereocenters. The monoisotopic (exact) mass is 171 g/mol. The Morgan fingerprint density at radius 2 is 1.50 bits per heavy atom. The number of hydrogen-bond acceptors (Lipinski definition) is 2. The minimum absolute atomic E-state index is 0.344. The van der Waals surface area contributed by atoms with Gasteiger partial charge in [0.1, 0.15) is 0 Å². The van der Waals surface area contributed by atoms with E-state index in [2.05, 4.69) is 0 Å². The highest BCUT2D eigenvalue weighted by molar-refractivity contribution is 4.98. The predicted octanol–water partition coefficient (Wildman–Crippen LogP) is 1.81. The van der Waals surface area contributed by atoms with E-state index < -0.39 is 5.60 Å². The van der Waals surface area contributed by atoms with Crippen LogP contribution in [0.3, 0.4) is 0 Å². The van der Waals surface area contributed by atoms with Crippen LogP contribution in [-0.2, 0) is 0 Å². The minimum atomic E-state index is -0.725. The molecule has 2 heteroatoms. The third-order valence-corrected chi connectivity index (χ3v) is 3.21. The summed E-state index contributed by atoms with van der Waals surface area (Å²) in [5.74, 6) is 0. The van der Waals surface area contributed by atoms with Crippen molar-refractivity contribution >= 4 is 0 Å². The second kappa shape index (κ2) is 3.35. The highest BCUT2D eigenvalue weighted by Crippen LogP contribution is 2.33. The smallest absolute Gasteiger partial charge is 0.0770 e. The fraction of sp³-hybridized carbons (Fsp3) is 1.00. The van der Waals surface area contributed by atoms with E-state index in [0.717, 1.165) is 12.8 Å². The third kappa shape index (κ3) is 1.99. The summed E-state index contributed by atoms with van der Waals surface area (Å²) in [5, 5.41) is 9.90. The molecule has 3 N–H and O–H groups in total. The van der Waals surface area contributed by atoms with Gasteiger partial charge in [0.2, 0.25) is 0 Å². The van der Waals surface area contributed by atoms with Crippen molar-refractivity contribution in [1.29, 1.82) is 0 Å². The quantitative estimate of drug-likeness (QED) is 0.591. The maximum atomic E-state index is 9.90. The van der Waals surface area contributed by atoms with Gasteiger partial charge in [0.15, 0.2) is 0 Å². The molecule has 0 radical (unpaired) electrons. The maximum absolute atomic E-state index is 9.90. The van der Waals surface area contributed by atoms with E-state index in [1.165, 1.54) is 25.7 Å². The lowest BCUT2D eigenvalue weighted by molar-refractivity contribution is -0.0101. The van der Waals surface area contributed by atoms with Crippen LogP contribution in [0.1, 0.15) is 52.4 Å². The summed E-state index contributed by atoms with van der Waals surface area (Å²) in [6.45, 7) is 3.66. The Hall–Kier alpha value is -0.0800. The summed E-state index contributed by atoms with van der Waals surface area (Å²) >= 11 is 0. The molecule has 72 valence electrons. The average Bonchev–Trinajstić information content (AvgIpc) is 2.12.